The number of benzene rings is 2. The Morgan fingerprint density at radius 3 is 2.55 bits per heavy atom. The minimum atomic E-state index is 0.868. The van der Waals surface area contributed by atoms with Gasteiger partial charge in [0.2, 0.25) is 0 Å². The molecule has 0 saturated heterocycles. The van der Waals surface area contributed by atoms with Gasteiger partial charge < -0.3 is 10.1 Å². The van der Waals surface area contributed by atoms with Gasteiger partial charge in [0.1, 0.15) is 11.5 Å². The van der Waals surface area contributed by atoms with Crippen molar-refractivity contribution in [3.63, 3.8) is 0 Å². The fourth-order valence-corrected chi connectivity index (χ4v) is 2.19. The molecule has 0 spiro atoms. The molecule has 3 heteroatoms. The van der Waals surface area contributed by atoms with Crippen molar-refractivity contribution in [1.82, 2.24) is 5.32 Å². The lowest BCUT2D eigenvalue weighted by molar-refractivity contribution is 0.477. The van der Waals surface area contributed by atoms with E-state index in [4.69, 9.17) is 4.74 Å². The van der Waals surface area contributed by atoms with Crippen LogP contribution in [0.5, 0.6) is 11.5 Å². The SMILES string of the molecule is CCNCc1ccc(C)c(Oc2ccc(Br)c(C)c2)c1. The Labute approximate surface area is 129 Å². The van der Waals surface area contributed by atoms with Crippen LogP contribution in [0.4, 0.5) is 0 Å². The summed E-state index contributed by atoms with van der Waals surface area (Å²) in [6, 6.07) is 12.4. The van der Waals surface area contributed by atoms with Gasteiger partial charge in [0.05, 0.1) is 0 Å². The van der Waals surface area contributed by atoms with Gasteiger partial charge in [-0.05, 0) is 61.3 Å². The number of aryl methyl sites for hydroxylation is 2. The molecule has 0 aliphatic carbocycles. The van der Waals surface area contributed by atoms with Crippen molar-refractivity contribution < 1.29 is 4.74 Å². The lowest BCUT2D eigenvalue weighted by Crippen LogP contribution is -2.11. The van der Waals surface area contributed by atoms with Gasteiger partial charge in [-0.15, -0.1) is 0 Å². The van der Waals surface area contributed by atoms with Crippen molar-refractivity contribution in [3.8, 4) is 11.5 Å². The Kier molecular flexibility index (Phi) is 5.21. The highest BCUT2D eigenvalue weighted by molar-refractivity contribution is 9.10. The van der Waals surface area contributed by atoms with Gasteiger partial charge >= 0.3 is 0 Å². The molecule has 0 radical (unpaired) electrons. The first-order valence-electron chi connectivity index (χ1n) is 6.84. The average Bonchev–Trinajstić information content (AvgIpc) is 2.44. The molecule has 106 valence electrons. The quantitative estimate of drug-likeness (QED) is 0.834. The van der Waals surface area contributed by atoms with E-state index in [9.17, 15) is 0 Å². The number of hydrogen-bond acceptors (Lipinski definition) is 2. The average molecular weight is 334 g/mol. The Bertz CT molecular complexity index is 596. The molecule has 2 nitrogen and oxygen atoms in total. The number of ether oxygens (including phenoxy) is 1. The van der Waals surface area contributed by atoms with E-state index in [2.05, 4.69) is 60.2 Å². The minimum absolute atomic E-state index is 0.868. The van der Waals surface area contributed by atoms with Crippen LogP contribution >= 0.6 is 15.9 Å². The van der Waals surface area contributed by atoms with Crippen molar-refractivity contribution in [1.29, 1.82) is 0 Å². The second-order valence-corrected chi connectivity index (χ2v) is 5.75. The maximum absolute atomic E-state index is 6.02. The summed E-state index contributed by atoms with van der Waals surface area (Å²) in [5.74, 6) is 1.79. The molecule has 0 aliphatic rings. The van der Waals surface area contributed by atoms with Crippen LogP contribution in [0, 0.1) is 13.8 Å². The number of rotatable bonds is 5. The summed E-state index contributed by atoms with van der Waals surface area (Å²) in [4.78, 5) is 0. The predicted molar refractivity (Wildman–Crippen MR) is 87.5 cm³/mol. The highest BCUT2D eigenvalue weighted by Crippen LogP contribution is 2.29. The van der Waals surface area contributed by atoms with Crippen LogP contribution in [-0.2, 0) is 6.54 Å². The van der Waals surface area contributed by atoms with Crippen molar-refractivity contribution in [2.75, 3.05) is 6.54 Å². The second-order valence-electron chi connectivity index (χ2n) is 4.89. The zero-order chi connectivity index (χ0) is 14.5. The van der Waals surface area contributed by atoms with E-state index in [1.54, 1.807) is 0 Å². The molecule has 2 aromatic carbocycles. The molecule has 0 bridgehead atoms. The van der Waals surface area contributed by atoms with E-state index >= 15 is 0 Å². The third-order valence-electron chi connectivity index (χ3n) is 3.19. The minimum Gasteiger partial charge on any atom is -0.457 e. The third kappa shape index (κ3) is 3.84. The van der Waals surface area contributed by atoms with Crippen LogP contribution in [-0.4, -0.2) is 6.54 Å². The normalized spacial score (nSPS) is 10.6. The molecule has 0 amide bonds. The summed E-state index contributed by atoms with van der Waals surface area (Å²) in [5, 5.41) is 3.33. The van der Waals surface area contributed by atoms with E-state index in [-0.39, 0.29) is 0 Å². The second kappa shape index (κ2) is 6.91. The topological polar surface area (TPSA) is 21.3 Å². The fraction of sp³-hybridized carbons (Fsp3) is 0.294. The van der Waals surface area contributed by atoms with Gasteiger partial charge in [0, 0.05) is 11.0 Å². The highest BCUT2D eigenvalue weighted by atomic mass is 79.9. The molecule has 0 unspecified atom stereocenters. The van der Waals surface area contributed by atoms with E-state index in [0.29, 0.717) is 0 Å². The summed E-state index contributed by atoms with van der Waals surface area (Å²) in [7, 11) is 0. The molecular formula is C17H20BrNO. The molecule has 0 saturated carbocycles. The van der Waals surface area contributed by atoms with E-state index < -0.39 is 0 Å². The molecule has 0 fully saturated rings. The first-order valence-corrected chi connectivity index (χ1v) is 7.63. The summed E-state index contributed by atoms with van der Waals surface area (Å²) in [5.41, 5.74) is 3.55. The number of hydrogen-bond donors (Lipinski definition) is 1. The molecule has 1 N–H and O–H groups in total. The summed E-state index contributed by atoms with van der Waals surface area (Å²) in [6.07, 6.45) is 0. The Balaban J connectivity index is 2.20. The van der Waals surface area contributed by atoms with Crippen molar-refractivity contribution in [3.05, 3.63) is 57.6 Å². The standard InChI is InChI=1S/C17H20BrNO/c1-4-19-11-14-6-5-12(2)17(10-14)20-15-7-8-16(18)13(3)9-15/h5-10,19H,4,11H2,1-3H3. The maximum Gasteiger partial charge on any atom is 0.130 e. The van der Waals surface area contributed by atoms with Crippen molar-refractivity contribution in [2.24, 2.45) is 0 Å². The number of nitrogens with one attached hydrogen (secondary N) is 1. The van der Waals surface area contributed by atoms with Crippen LogP contribution < -0.4 is 10.1 Å². The highest BCUT2D eigenvalue weighted by Gasteiger charge is 2.05. The molecule has 0 atom stereocenters. The lowest BCUT2D eigenvalue weighted by atomic mass is 10.1. The first kappa shape index (κ1) is 15.1. The van der Waals surface area contributed by atoms with Crippen LogP contribution in [0.2, 0.25) is 0 Å². The molecule has 0 aliphatic heterocycles. The molecule has 0 heterocycles. The third-order valence-corrected chi connectivity index (χ3v) is 4.08. The molecule has 2 aromatic rings. The Hall–Kier alpha value is -1.32. The maximum atomic E-state index is 6.02. The molecule has 0 aromatic heterocycles. The van der Waals surface area contributed by atoms with E-state index in [1.807, 2.05) is 18.2 Å². The first-order chi connectivity index (χ1) is 9.60. The van der Waals surface area contributed by atoms with Gasteiger partial charge in [-0.3, -0.25) is 0 Å². The zero-order valence-corrected chi connectivity index (χ0v) is 13.8. The van der Waals surface area contributed by atoms with Crippen LogP contribution in [0.15, 0.2) is 40.9 Å². The fourth-order valence-electron chi connectivity index (χ4n) is 1.94. The predicted octanol–water partition coefficient (Wildman–Crippen LogP) is 4.97. The Morgan fingerprint density at radius 1 is 1.05 bits per heavy atom. The largest absolute Gasteiger partial charge is 0.457 e. The molecule has 20 heavy (non-hydrogen) atoms. The molecule has 2 rings (SSSR count). The van der Waals surface area contributed by atoms with Crippen molar-refractivity contribution >= 4 is 15.9 Å². The van der Waals surface area contributed by atoms with Gasteiger partial charge in [-0.2, -0.15) is 0 Å². The van der Waals surface area contributed by atoms with Crippen LogP contribution in [0.3, 0.4) is 0 Å². The summed E-state index contributed by atoms with van der Waals surface area (Å²) >= 11 is 3.51. The van der Waals surface area contributed by atoms with E-state index in [0.717, 1.165) is 34.6 Å². The van der Waals surface area contributed by atoms with Gasteiger partial charge in [0.15, 0.2) is 0 Å². The Morgan fingerprint density at radius 2 is 1.85 bits per heavy atom. The van der Waals surface area contributed by atoms with Gasteiger partial charge in [-0.1, -0.05) is 35.0 Å². The van der Waals surface area contributed by atoms with Crippen molar-refractivity contribution in [2.45, 2.75) is 27.3 Å². The van der Waals surface area contributed by atoms with Crippen LogP contribution in [0.25, 0.3) is 0 Å². The summed E-state index contributed by atoms with van der Waals surface area (Å²) < 4.78 is 7.12. The smallest absolute Gasteiger partial charge is 0.130 e. The van der Waals surface area contributed by atoms with Gasteiger partial charge in [0.25, 0.3) is 0 Å². The zero-order valence-electron chi connectivity index (χ0n) is 12.2. The lowest BCUT2D eigenvalue weighted by Gasteiger charge is -2.12. The van der Waals surface area contributed by atoms with Crippen LogP contribution in [0.1, 0.15) is 23.6 Å². The number of halogens is 1. The summed E-state index contributed by atoms with van der Waals surface area (Å²) in [6.45, 7) is 8.07. The molecular weight excluding hydrogens is 314 g/mol. The van der Waals surface area contributed by atoms with E-state index in [1.165, 1.54) is 11.1 Å². The monoisotopic (exact) mass is 333 g/mol. The van der Waals surface area contributed by atoms with Gasteiger partial charge in [-0.25, -0.2) is 0 Å².